The number of hydrogen-bond donors (Lipinski definition) is 1. The zero-order valence-corrected chi connectivity index (χ0v) is 17.3. The van der Waals surface area contributed by atoms with Crippen LogP contribution in [-0.2, 0) is 11.2 Å². The lowest BCUT2D eigenvalue weighted by Crippen LogP contribution is -2.25. The zero-order chi connectivity index (χ0) is 19.8. The monoisotopic (exact) mass is 381 g/mol. The van der Waals surface area contributed by atoms with Crippen LogP contribution in [0.5, 0.6) is 0 Å². The van der Waals surface area contributed by atoms with Crippen molar-refractivity contribution in [1.29, 1.82) is 5.26 Å². The Morgan fingerprint density at radius 1 is 1.26 bits per heavy atom. The first-order valence-electron chi connectivity index (χ1n) is 9.43. The molecular formula is C22H27N3OS. The van der Waals surface area contributed by atoms with Gasteiger partial charge in [0.15, 0.2) is 0 Å². The zero-order valence-electron chi connectivity index (χ0n) is 16.5. The quantitative estimate of drug-likeness (QED) is 0.620. The number of amides is 1. The van der Waals surface area contributed by atoms with Crippen molar-refractivity contribution in [2.75, 3.05) is 5.32 Å². The Morgan fingerprint density at radius 3 is 2.67 bits per heavy atom. The fourth-order valence-corrected chi connectivity index (χ4v) is 3.79. The molecule has 5 heteroatoms. The number of anilines is 1. The molecule has 1 N–H and O–H groups in total. The molecule has 0 aliphatic carbocycles. The normalized spacial score (nSPS) is 11.7. The van der Waals surface area contributed by atoms with Crippen LogP contribution in [0.3, 0.4) is 0 Å². The average molecular weight is 382 g/mol. The lowest BCUT2D eigenvalue weighted by Gasteiger charge is -2.16. The van der Waals surface area contributed by atoms with E-state index < -0.39 is 0 Å². The molecular weight excluding hydrogens is 354 g/mol. The van der Waals surface area contributed by atoms with Gasteiger partial charge in [0.25, 0.3) is 0 Å². The van der Waals surface area contributed by atoms with Gasteiger partial charge in [-0.15, -0.1) is 0 Å². The lowest BCUT2D eigenvalue weighted by atomic mass is 10.1. The third-order valence-electron chi connectivity index (χ3n) is 4.38. The SMILES string of the molecule is CCCCc1ccc(C#N)c(SC(CC)C(=O)Nc2ccc(C)cc2C)n1. The predicted molar refractivity (Wildman–Crippen MR) is 112 cm³/mol. The highest BCUT2D eigenvalue weighted by Crippen LogP contribution is 2.29. The van der Waals surface area contributed by atoms with E-state index >= 15 is 0 Å². The minimum atomic E-state index is -0.299. The van der Waals surface area contributed by atoms with Crippen LogP contribution in [0, 0.1) is 25.2 Å². The molecule has 1 heterocycles. The number of nitrogens with one attached hydrogen (secondary N) is 1. The maximum absolute atomic E-state index is 12.8. The number of pyridine rings is 1. The Labute approximate surface area is 166 Å². The maximum Gasteiger partial charge on any atom is 0.237 e. The van der Waals surface area contributed by atoms with Gasteiger partial charge in [-0.2, -0.15) is 5.26 Å². The van der Waals surface area contributed by atoms with Crippen LogP contribution in [0.1, 0.15) is 55.5 Å². The molecule has 1 atom stereocenters. The van der Waals surface area contributed by atoms with Crippen molar-refractivity contribution in [3.63, 3.8) is 0 Å². The summed E-state index contributed by atoms with van der Waals surface area (Å²) in [6, 6.07) is 11.9. The number of nitrogens with zero attached hydrogens (tertiary/aromatic N) is 2. The van der Waals surface area contributed by atoms with Crippen molar-refractivity contribution < 1.29 is 4.79 Å². The van der Waals surface area contributed by atoms with E-state index in [1.165, 1.54) is 17.3 Å². The van der Waals surface area contributed by atoms with Crippen molar-refractivity contribution >= 4 is 23.4 Å². The largest absolute Gasteiger partial charge is 0.325 e. The molecule has 0 saturated carbocycles. The van der Waals surface area contributed by atoms with Crippen LogP contribution < -0.4 is 5.32 Å². The van der Waals surface area contributed by atoms with E-state index in [0.29, 0.717) is 17.0 Å². The number of rotatable bonds is 8. The van der Waals surface area contributed by atoms with E-state index in [-0.39, 0.29) is 11.2 Å². The number of carbonyl (C=O) groups excluding carboxylic acids is 1. The van der Waals surface area contributed by atoms with E-state index in [9.17, 15) is 10.1 Å². The Kier molecular flexibility index (Phi) is 7.87. The van der Waals surface area contributed by atoms with Gasteiger partial charge in [-0.25, -0.2) is 4.98 Å². The summed E-state index contributed by atoms with van der Waals surface area (Å²) in [6.45, 7) is 8.14. The van der Waals surface area contributed by atoms with Gasteiger partial charge in [0.05, 0.1) is 10.8 Å². The fourth-order valence-electron chi connectivity index (χ4n) is 2.77. The molecule has 1 unspecified atom stereocenters. The number of unbranched alkanes of at least 4 members (excludes halogenated alkanes) is 1. The molecule has 1 amide bonds. The number of nitriles is 1. The molecule has 142 valence electrons. The first-order chi connectivity index (χ1) is 13.0. The Morgan fingerprint density at radius 2 is 2.04 bits per heavy atom. The second kappa shape index (κ2) is 10.1. The molecule has 2 rings (SSSR count). The second-order valence-electron chi connectivity index (χ2n) is 6.69. The van der Waals surface area contributed by atoms with E-state index in [2.05, 4.69) is 29.4 Å². The summed E-state index contributed by atoms with van der Waals surface area (Å²) >= 11 is 1.38. The van der Waals surface area contributed by atoms with Gasteiger partial charge in [0.2, 0.25) is 5.91 Å². The highest BCUT2D eigenvalue weighted by molar-refractivity contribution is 8.00. The number of aromatic nitrogens is 1. The van der Waals surface area contributed by atoms with Gasteiger partial charge in [0, 0.05) is 11.4 Å². The van der Waals surface area contributed by atoms with Gasteiger partial charge in [-0.3, -0.25) is 4.79 Å². The van der Waals surface area contributed by atoms with Crippen molar-refractivity contribution in [3.8, 4) is 6.07 Å². The van der Waals surface area contributed by atoms with Gasteiger partial charge >= 0.3 is 0 Å². The number of carbonyl (C=O) groups is 1. The van der Waals surface area contributed by atoms with Crippen molar-refractivity contribution in [3.05, 3.63) is 52.7 Å². The van der Waals surface area contributed by atoms with E-state index in [4.69, 9.17) is 0 Å². The first kappa shape index (κ1) is 21.0. The van der Waals surface area contributed by atoms with Crippen LogP contribution >= 0.6 is 11.8 Å². The van der Waals surface area contributed by atoms with E-state index in [1.54, 1.807) is 0 Å². The fraction of sp³-hybridized carbons (Fsp3) is 0.409. The number of benzene rings is 1. The van der Waals surface area contributed by atoms with Crippen LogP contribution in [0.4, 0.5) is 5.69 Å². The Hall–Kier alpha value is -2.32. The van der Waals surface area contributed by atoms with Crippen LogP contribution in [0.25, 0.3) is 0 Å². The van der Waals surface area contributed by atoms with Crippen molar-refractivity contribution in [2.45, 2.75) is 63.7 Å². The smallest absolute Gasteiger partial charge is 0.237 e. The third kappa shape index (κ3) is 5.83. The summed E-state index contributed by atoms with van der Waals surface area (Å²) in [5, 5.41) is 12.8. The molecule has 27 heavy (non-hydrogen) atoms. The van der Waals surface area contributed by atoms with Gasteiger partial charge in [-0.1, -0.05) is 49.7 Å². The lowest BCUT2D eigenvalue weighted by molar-refractivity contribution is -0.115. The first-order valence-corrected chi connectivity index (χ1v) is 10.3. The Bertz CT molecular complexity index is 842. The van der Waals surface area contributed by atoms with E-state index in [0.717, 1.165) is 36.2 Å². The molecule has 0 spiro atoms. The highest BCUT2D eigenvalue weighted by Gasteiger charge is 2.21. The Balaban J connectivity index is 2.17. The molecule has 0 fully saturated rings. The summed E-state index contributed by atoms with van der Waals surface area (Å²) < 4.78 is 0. The summed E-state index contributed by atoms with van der Waals surface area (Å²) in [5.41, 5.74) is 4.54. The topological polar surface area (TPSA) is 65.8 Å². The summed E-state index contributed by atoms with van der Waals surface area (Å²) in [4.78, 5) is 17.4. The van der Waals surface area contributed by atoms with Crippen molar-refractivity contribution in [2.24, 2.45) is 0 Å². The molecule has 0 bridgehead atoms. The number of hydrogen-bond acceptors (Lipinski definition) is 4. The molecule has 0 aliphatic rings. The van der Waals surface area contributed by atoms with Gasteiger partial charge in [0.1, 0.15) is 11.1 Å². The minimum Gasteiger partial charge on any atom is -0.325 e. The van der Waals surface area contributed by atoms with Crippen LogP contribution in [-0.4, -0.2) is 16.1 Å². The van der Waals surface area contributed by atoms with Crippen molar-refractivity contribution in [1.82, 2.24) is 4.98 Å². The summed E-state index contributed by atoms with van der Waals surface area (Å²) in [7, 11) is 0. The molecule has 0 saturated heterocycles. The highest BCUT2D eigenvalue weighted by atomic mass is 32.2. The van der Waals surface area contributed by atoms with Crippen LogP contribution in [0.2, 0.25) is 0 Å². The molecule has 1 aromatic heterocycles. The molecule has 1 aromatic carbocycles. The maximum atomic E-state index is 12.8. The van der Waals surface area contributed by atoms with Crippen LogP contribution in [0.15, 0.2) is 35.4 Å². The minimum absolute atomic E-state index is 0.0564. The van der Waals surface area contributed by atoms with Gasteiger partial charge < -0.3 is 5.32 Å². The molecule has 0 aliphatic heterocycles. The number of aryl methyl sites for hydroxylation is 3. The predicted octanol–water partition coefficient (Wildman–Crippen LogP) is 5.42. The van der Waals surface area contributed by atoms with Gasteiger partial charge in [-0.05, 0) is 56.9 Å². The molecule has 0 radical (unpaired) electrons. The standard InChI is InChI=1S/C22H27N3OS/c1-5-7-8-18-11-10-17(14-23)22(24-18)27-20(6-2)21(26)25-19-12-9-15(3)13-16(19)4/h9-13,20H,5-8H2,1-4H3,(H,25,26). The summed E-state index contributed by atoms with van der Waals surface area (Å²) in [5.74, 6) is -0.0564. The third-order valence-corrected chi connectivity index (χ3v) is 5.75. The summed E-state index contributed by atoms with van der Waals surface area (Å²) in [6.07, 6.45) is 3.71. The number of thioether (sulfide) groups is 1. The second-order valence-corrected chi connectivity index (χ2v) is 7.88. The molecule has 2 aromatic rings. The molecule has 4 nitrogen and oxygen atoms in total. The average Bonchev–Trinajstić information content (AvgIpc) is 2.66. The van der Waals surface area contributed by atoms with E-state index in [1.807, 2.05) is 45.0 Å².